The fourth-order valence-corrected chi connectivity index (χ4v) is 3.55. The average molecular weight is 507 g/mol. The lowest BCUT2D eigenvalue weighted by Crippen LogP contribution is -2.26. The average Bonchev–Trinajstić information content (AvgIpc) is 3.22. The summed E-state index contributed by atoms with van der Waals surface area (Å²) < 4.78 is 141. The van der Waals surface area contributed by atoms with Crippen molar-refractivity contribution in [2.45, 2.75) is 13.1 Å². The molecule has 0 N–H and O–H groups in total. The molecule has 184 valence electrons. The maximum atomic E-state index is 14.3. The molecule has 35 heavy (non-hydrogen) atoms. The predicted octanol–water partition coefficient (Wildman–Crippen LogP) is 6.17. The molecule has 1 aromatic heterocycles. The Labute approximate surface area is 189 Å². The number of hydrogen-bond donors (Lipinski definition) is 0. The molecule has 0 saturated carbocycles. The normalized spacial score (nSPS) is 11.5. The number of fused-ring (bicyclic) bond motifs is 1. The fourth-order valence-electron chi connectivity index (χ4n) is 3.55. The molecule has 0 aliphatic carbocycles. The first kappa shape index (κ1) is 24.4. The Hall–Kier alpha value is -3.77. The molecule has 4 aromatic rings. The van der Waals surface area contributed by atoms with Gasteiger partial charge in [-0.3, -0.25) is 4.68 Å². The SMILES string of the molecule is Cn1ncc2cc(N(Cc3c(F)c(F)c(F)c(F)c3F)Cc3c(F)c(F)c(F)c(F)c3F)ccc21. The molecule has 0 amide bonds. The van der Waals surface area contributed by atoms with E-state index in [-0.39, 0.29) is 5.69 Å². The highest BCUT2D eigenvalue weighted by Gasteiger charge is 2.30. The second-order valence-corrected chi connectivity index (χ2v) is 7.46. The summed E-state index contributed by atoms with van der Waals surface area (Å²) in [7, 11) is 1.57. The zero-order valence-corrected chi connectivity index (χ0v) is 17.3. The van der Waals surface area contributed by atoms with Crippen LogP contribution in [0.5, 0.6) is 0 Å². The van der Waals surface area contributed by atoms with Gasteiger partial charge in [0.25, 0.3) is 0 Å². The minimum atomic E-state index is -2.42. The Bertz CT molecular complexity index is 1350. The summed E-state index contributed by atoms with van der Waals surface area (Å²) >= 11 is 0. The Morgan fingerprint density at radius 3 is 1.46 bits per heavy atom. The van der Waals surface area contributed by atoms with E-state index in [0.29, 0.717) is 15.8 Å². The largest absolute Gasteiger partial charge is 0.362 e. The molecule has 0 unspecified atom stereocenters. The van der Waals surface area contributed by atoms with Crippen LogP contribution in [0.4, 0.5) is 49.6 Å². The van der Waals surface area contributed by atoms with Crippen molar-refractivity contribution in [3.63, 3.8) is 0 Å². The van der Waals surface area contributed by atoms with Gasteiger partial charge in [0, 0.05) is 42.3 Å². The third kappa shape index (κ3) is 3.94. The number of nitrogens with zero attached hydrogens (tertiary/aromatic N) is 3. The second kappa shape index (κ2) is 8.78. The second-order valence-electron chi connectivity index (χ2n) is 7.46. The van der Waals surface area contributed by atoms with Crippen molar-refractivity contribution in [2.75, 3.05) is 4.90 Å². The third-order valence-electron chi connectivity index (χ3n) is 5.39. The van der Waals surface area contributed by atoms with Crippen LogP contribution in [-0.2, 0) is 20.1 Å². The zero-order chi connectivity index (χ0) is 25.8. The maximum absolute atomic E-state index is 14.3. The van der Waals surface area contributed by atoms with Gasteiger partial charge in [-0.2, -0.15) is 5.10 Å². The van der Waals surface area contributed by atoms with Crippen molar-refractivity contribution < 1.29 is 43.9 Å². The van der Waals surface area contributed by atoms with Crippen LogP contribution in [0, 0.1) is 58.2 Å². The van der Waals surface area contributed by atoms with E-state index in [9.17, 15) is 43.9 Å². The van der Waals surface area contributed by atoms with E-state index in [4.69, 9.17) is 0 Å². The van der Waals surface area contributed by atoms with Crippen LogP contribution in [0.2, 0.25) is 0 Å². The van der Waals surface area contributed by atoms with Gasteiger partial charge in [-0.15, -0.1) is 0 Å². The molecule has 0 aliphatic heterocycles. The molecule has 0 radical (unpaired) electrons. The highest BCUT2D eigenvalue weighted by Crippen LogP contribution is 2.31. The molecule has 13 heteroatoms. The first-order valence-electron chi connectivity index (χ1n) is 9.61. The summed E-state index contributed by atoms with van der Waals surface area (Å²) in [5, 5.41) is 4.36. The van der Waals surface area contributed by atoms with Crippen molar-refractivity contribution in [2.24, 2.45) is 7.05 Å². The number of anilines is 1. The summed E-state index contributed by atoms with van der Waals surface area (Å²) in [6.45, 7) is -2.37. The summed E-state index contributed by atoms with van der Waals surface area (Å²) in [6, 6.07) is 3.96. The molecule has 3 aromatic carbocycles. The molecular formula is C22H11F10N3. The number of aromatic nitrogens is 2. The van der Waals surface area contributed by atoms with E-state index in [0.717, 1.165) is 0 Å². The smallest absolute Gasteiger partial charge is 0.200 e. The number of halogens is 10. The molecule has 1 heterocycles. The van der Waals surface area contributed by atoms with E-state index in [1.807, 2.05) is 0 Å². The van der Waals surface area contributed by atoms with Crippen LogP contribution in [0.15, 0.2) is 24.4 Å². The zero-order valence-electron chi connectivity index (χ0n) is 17.3. The van der Waals surface area contributed by atoms with Gasteiger partial charge >= 0.3 is 0 Å². The van der Waals surface area contributed by atoms with E-state index >= 15 is 0 Å². The Morgan fingerprint density at radius 2 is 1.03 bits per heavy atom. The van der Waals surface area contributed by atoms with Gasteiger partial charge < -0.3 is 4.90 Å². The van der Waals surface area contributed by atoms with Crippen LogP contribution in [-0.4, -0.2) is 9.78 Å². The third-order valence-corrected chi connectivity index (χ3v) is 5.39. The van der Waals surface area contributed by atoms with Gasteiger partial charge in [0.15, 0.2) is 46.5 Å². The topological polar surface area (TPSA) is 21.1 Å². The van der Waals surface area contributed by atoms with Crippen molar-refractivity contribution in [3.05, 3.63) is 93.7 Å². The van der Waals surface area contributed by atoms with E-state index in [1.54, 1.807) is 7.05 Å². The van der Waals surface area contributed by atoms with Crippen LogP contribution in [0.3, 0.4) is 0 Å². The van der Waals surface area contributed by atoms with Crippen molar-refractivity contribution in [3.8, 4) is 0 Å². The molecule has 3 nitrogen and oxygen atoms in total. The maximum Gasteiger partial charge on any atom is 0.200 e. The number of hydrogen-bond acceptors (Lipinski definition) is 2. The van der Waals surface area contributed by atoms with Gasteiger partial charge in [0.2, 0.25) is 11.6 Å². The first-order chi connectivity index (χ1) is 16.4. The lowest BCUT2D eigenvalue weighted by atomic mass is 10.1. The quantitative estimate of drug-likeness (QED) is 0.183. The highest BCUT2D eigenvalue weighted by atomic mass is 19.2. The van der Waals surface area contributed by atoms with Crippen molar-refractivity contribution in [1.82, 2.24) is 9.78 Å². The molecule has 0 saturated heterocycles. The standard InChI is InChI=1S/C22H11F10N3/c1-34-12-3-2-9(4-8(12)5-33-34)35(6-10-13(23)17(27)21(31)18(28)14(10)24)7-11-15(25)19(29)22(32)20(30)16(11)26/h2-5H,6-7H2,1H3. The summed E-state index contributed by atoms with van der Waals surface area (Å²) in [5.41, 5.74) is -2.33. The van der Waals surface area contributed by atoms with Gasteiger partial charge in [0.1, 0.15) is 0 Å². The highest BCUT2D eigenvalue weighted by molar-refractivity contribution is 5.82. The Kier molecular flexibility index (Phi) is 6.11. The summed E-state index contributed by atoms with van der Waals surface area (Å²) in [4.78, 5) is 0.697. The lowest BCUT2D eigenvalue weighted by Gasteiger charge is -2.26. The van der Waals surface area contributed by atoms with Crippen LogP contribution >= 0.6 is 0 Å². The van der Waals surface area contributed by atoms with Crippen molar-refractivity contribution >= 4 is 16.6 Å². The number of benzene rings is 3. The molecular weight excluding hydrogens is 496 g/mol. The predicted molar refractivity (Wildman–Crippen MR) is 103 cm³/mol. The molecule has 0 fully saturated rings. The van der Waals surface area contributed by atoms with Gasteiger partial charge in [-0.25, -0.2) is 43.9 Å². The molecule has 0 aliphatic rings. The first-order valence-corrected chi connectivity index (χ1v) is 9.61. The van der Waals surface area contributed by atoms with Crippen molar-refractivity contribution in [1.29, 1.82) is 0 Å². The van der Waals surface area contributed by atoms with Crippen LogP contribution < -0.4 is 4.90 Å². The number of aryl methyl sites for hydroxylation is 1. The fraction of sp³-hybridized carbons (Fsp3) is 0.136. The summed E-state index contributed by atoms with van der Waals surface area (Å²) in [5.74, 6) is -22.8. The molecule has 0 spiro atoms. The van der Waals surface area contributed by atoms with Crippen LogP contribution in [0.1, 0.15) is 11.1 Å². The van der Waals surface area contributed by atoms with E-state index in [2.05, 4.69) is 5.10 Å². The van der Waals surface area contributed by atoms with Gasteiger partial charge in [-0.05, 0) is 18.2 Å². The molecule has 0 atom stereocenters. The van der Waals surface area contributed by atoms with Gasteiger partial charge in [-0.1, -0.05) is 0 Å². The Balaban J connectivity index is 1.89. The minimum Gasteiger partial charge on any atom is -0.362 e. The van der Waals surface area contributed by atoms with E-state index < -0.39 is 82.4 Å². The monoisotopic (exact) mass is 507 g/mol. The number of rotatable bonds is 5. The minimum absolute atomic E-state index is 0.0987. The molecule has 4 rings (SSSR count). The lowest BCUT2D eigenvalue weighted by molar-refractivity contribution is 0.365. The molecule has 0 bridgehead atoms. The van der Waals surface area contributed by atoms with E-state index in [1.165, 1.54) is 29.1 Å². The Morgan fingerprint density at radius 1 is 0.629 bits per heavy atom. The van der Waals surface area contributed by atoms with Crippen LogP contribution in [0.25, 0.3) is 10.9 Å². The van der Waals surface area contributed by atoms with Gasteiger partial charge in [0.05, 0.1) is 11.7 Å². The summed E-state index contributed by atoms with van der Waals surface area (Å²) in [6.07, 6.45) is 1.34.